The zero-order valence-corrected chi connectivity index (χ0v) is 14.9. The Labute approximate surface area is 151 Å². The van der Waals surface area contributed by atoms with Gasteiger partial charge in [-0.15, -0.1) is 0 Å². The molecule has 0 bridgehead atoms. The number of hydrogen-bond acceptors (Lipinski definition) is 3. The van der Waals surface area contributed by atoms with E-state index in [1.54, 1.807) is 30.3 Å². The van der Waals surface area contributed by atoms with Gasteiger partial charge in [0.15, 0.2) is 11.5 Å². The minimum absolute atomic E-state index is 0.244. The summed E-state index contributed by atoms with van der Waals surface area (Å²) in [5.41, 5.74) is 1.52. The highest BCUT2D eigenvalue weighted by Gasteiger charge is 2.11. The first kappa shape index (κ1) is 18.8. The van der Waals surface area contributed by atoms with E-state index in [2.05, 4.69) is 5.32 Å². The maximum absolute atomic E-state index is 12.9. The molecule has 0 saturated carbocycles. The van der Waals surface area contributed by atoms with Crippen molar-refractivity contribution >= 4 is 23.6 Å². The lowest BCUT2D eigenvalue weighted by Gasteiger charge is -2.13. The molecular formula is C19H19ClFNO3. The number of carbonyl (C=O) groups is 1. The molecule has 25 heavy (non-hydrogen) atoms. The number of carbonyl (C=O) groups excluding carboxylic acids is 1. The second kappa shape index (κ2) is 8.53. The van der Waals surface area contributed by atoms with Crippen molar-refractivity contribution < 1.29 is 18.7 Å². The predicted molar refractivity (Wildman–Crippen MR) is 96.5 cm³/mol. The molecule has 1 amide bonds. The molecule has 0 aliphatic carbocycles. The van der Waals surface area contributed by atoms with Crippen LogP contribution in [-0.2, 0) is 4.79 Å². The quantitative estimate of drug-likeness (QED) is 0.774. The molecular weight excluding hydrogens is 345 g/mol. The molecule has 0 saturated heterocycles. The molecule has 1 N–H and O–H groups in total. The highest BCUT2D eigenvalue weighted by Crippen LogP contribution is 2.36. The summed E-state index contributed by atoms with van der Waals surface area (Å²) in [4.78, 5) is 12.1. The number of benzene rings is 2. The summed E-state index contributed by atoms with van der Waals surface area (Å²) in [6.07, 6.45) is 3.03. The van der Waals surface area contributed by atoms with Gasteiger partial charge in [-0.1, -0.05) is 23.7 Å². The van der Waals surface area contributed by atoms with Crippen molar-refractivity contribution in [3.63, 3.8) is 0 Å². The van der Waals surface area contributed by atoms with E-state index in [1.807, 2.05) is 6.92 Å². The number of amides is 1. The first-order valence-electron chi connectivity index (χ1n) is 7.60. The molecule has 1 atom stereocenters. The van der Waals surface area contributed by atoms with Crippen LogP contribution in [0.1, 0.15) is 24.1 Å². The monoisotopic (exact) mass is 363 g/mol. The lowest BCUT2D eigenvalue weighted by molar-refractivity contribution is -0.117. The van der Waals surface area contributed by atoms with Gasteiger partial charge < -0.3 is 14.8 Å². The van der Waals surface area contributed by atoms with Gasteiger partial charge in [-0.2, -0.15) is 0 Å². The maximum atomic E-state index is 12.9. The molecule has 0 heterocycles. The van der Waals surface area contributed by atoms with Crippen molar-refractivity contribution in [2.45, 2.75) is 13.0 Å². The standard InChI is InChI=1S/C19H19ClFNO3/c1-12(14-5-7-15(21)8-6-14)22-18(23)9-4-13-10-16(20)19(25-3)17(11-13)24-2/h4-12H,1-3H3,(H,22,23)/b9-4+/t12-/m1/s1. The lowest BCUT2D eigenvalue weighted by atomic mass is 10.1. The van der Waals surface area contributed by atoms with Crippen LogP contribution in [-0.4, -0.2) is 20.1 Å². The van der Waals surface area contributed by atoms with Gasteiger partial charge in [0.25, 0.3) is 0 Å². The van der Waals surface area contributed by atoms with Gasteiger partial charge in [-0.3, -0.25) is 4.79 Å². The van der Waals surface area contributed by atoms with Gasteiger partial charge in [0.2, 0.25) is 5.91 Å². The van der Waals surface area contributed by atoms with Crippen molar-refractivity contribution in [3.8, 4) is 11.5 Å². The first-order chi connectivity index (χ1) is 11.9. The third kappa shape index (κ3) is 4.97. The van der Waals surface area contributed by atoms with Crippen LogP contribution in [0.4, 0.5) is 4.39 Å². The summed E-state index contributed by atoms with van der Waals surface area (Å²) in [5, 5.41) is 3.20. The van der Waals surface area contributed by atoms with Crippen molar-refractivity contribution in [1.82, 2.24) is 5.32 Å². The molecule has 132 valence electrons. The second-order valence-electron chi connectivity index (χ2n) is 5.35. The molecule has 0 fully saturated rings. The fourth-order valence-electron chi connectivity index (χ4n) is 2.30. The smallest absolute Gasteiger partial charge is 0.244 e. The van der Waals surface area contributed by atoms with Crippen molar-refractivity contribution in [2.24, 2.45) is 0 Å². The summed E-state index contributed by atoms with van der Waals surface area (Å²) in [5.74, 6) is 0.334. The molecule has 0 radical (unpaired) electrons. The van der Waals surface area contributed by atoms with E-state index in [0.717, 1.165) is 5.56 Å². The summed E-state index contributed by atoms with van der Waals surface area (Å²) in [6, 6.07) is 9.15. The van der Waals surface area contributed by atoms with Gasteiger partial charge >= 0.3 is 0 Å². The van der Waals surface area contributed by atoms with Gasteiger partial charge in [0, 0.05) is 6.08 Å². The Kier molecular flexibility index (Phi) is 6.42. The molecule has 6 heteroatoms. The molecule has 0 aliphatic heterocycles. The van der Waals surface area contributed by atoms with Crippen LogP contribution in [0.15, 0.2) is 42.5 Å². The third-order valence-electron chi connectivity index (χ3n) is 3.61. The number of hydrogen-bond donors (Lipinski definition) is 1. The number of nitrogens with one attached hydrogen (secondary N) is 1. The summed E-state index contributed by atoms with van der Waals surface area (Å²) < 4.78 is 23.3. The zero-order valence-electron chi connectivity index (χ0n) is 14.2. The molecule has 0 spiro atoms. The Morgan fingerprint density at radius 3 is 2.48 bits per heavy atom. The van der Waals surface area contributed by atoms with Crippen LogP contribution in [0.3, 0.4) is 0 Å². The summed E-state index contributed by atoms with van der Waals surface area (Å²) in [7, 11) is 3.02. The average Bonchev–Trinajstić information content (AvgIpc) is 2.59. The van der Waals surface area contributed by atoms with E-state index in [0.29, 0.717) is 22.1 Å². The van der Waals surface area contributed by atoms with Crippen LogP contribution < -0.4 is 14.8 Å². The Bertz CT molecular complexity index is 775. The number of methoxy groups -OCH3 is 2. The Balaban J connectivity index is 2.07. The van der Waals surface area contributed by atoms with E-state index < -0.39 is 0 Å². The Hall–Kier alpha value is -2.53. The number of rotatable bonds is 6. The van der Waals surface area contributed by atoms with Crippen LogP contribution in [0.2, 0.25) is 5.02 Å². The van der Waals surface area contributed by atoms with E-state index in [9.17, 15) is 9.18 Å². The fourth-order valence-corrected chi connectivity index (χ4v) is 2.60. The second-order valence-corrected chi connectivity index (χ2v) is 5.76. The number of halogens is 2. The molecule has 2 rings (SSSR count). The third-order valence-corrected chi connectivity index (χ3v) is 3.89. The Morgan fingerprint density at radius 1 is 1.20 bits per heavy atom. The van der Waals surface area contributed by atoms with E-state index >= 15 is 0 Å². The van der Waals surface area contributed by atoms with E-state index in [-0.39, 0.29) is 17.8 Å². The topological polar surface area (TPSA) is 47.6 Å². The van der Waals surface area contributed by atoms with Crippen molar-refractivity contribution in [2.75, 3.05) is 14.2 Å². The van der Waals surface area contributed by atoms with Gasteiger partial charge in [0.1, 0.15) is 5.82 Å². The van der Waals surface area contributed by atoms with Crippen LogP contribution in [0.25, 0.3) is 6.08 Å². The average molecular weight is 364 g/mol. The predicted octanol–water partition coefficient (Wildman–Crippen LogP) is 4.39. The number of ether oxygens (including phenoxy) is 2. The summed E-state index contributed by atoms with van der Waals surface area (Å²) in [6.45, 7) is 1.83. The normalized spacial score (nSPS) is 12.0. The van der Waals surface area contributed by atoms with Gasteiger partial charge in [-0.25, -0.2) is 4.39 Å². The van der Waals surface area contributed by atoms with Crippen molar-refractivity contribution in [1.29, 1.82) is 0 Å². The SMILES string of the molecule is COc1cc(/C=C/C(=O)N[C@H](C)c2ccc(F)cc2)cc(Cl)c1OC. The van der Waals surface area contributed by atoms with Gasteiger partial charge in [0.05, 0.1) is 25.3 Å². The first-order valence-corrected chi connectivity index (χ1v) is 7.98. The van der Waals surface area contributed by atoms with E-state index in [1.165, 1.54) is 32.4 Å². The highest BCUT2D eigenvalue weighted by molar-refractivity contribution is 6.32. The van der Waals surface area contributed by atoms with Crippen LogP contribution in [0, 0.1) is 5.82 Å². The van der Waals surface area contributed by atoms with E-state index in [4.69, 9.17) is 21.1 Å². The zero-order chi connectivity index (χ0) is 18.4. The lowest BCUT2D eigenvalue weighted by Crippen LogP contribution is -2.24. The van der Waals surface area contributed by atoms with Crippen molar-refractivity contribution in [3.05, 3.63) is 64.4 Å². The Morgan fingerprint density at radius 2 is 1.88 bits per heavy atom. The molecule has 0 aliphatic rings. The molecule has 4 nitrogen and oxygen atoms in total. The largest absolute Gasteiger partial charge is 0.493 e. The molecule has 2 aromatic rings. The molecule has 0 unspecified atom stereocenters. The minimum atomic E-state index is -0.312. The van der Waals surface area contributed by atoms with Gasteiger partial charge in [-0.05, 0) is 48.4 Å². The van der Waals surface area contributed by atoms with Crippen LogP contribution in [0.5, 0.6) is 11.5 Å². The molecule has 0 aromatic heterocycles. The van der Waals surface area contributed by atoms with Crippen LogP contribution >= 0.6 is 11.6 Å². The highest BCUT2D eigenvalue weighted by atomic mass is 35.5. The summed E-state index contributed by atoms with van der Waals surface area (Å²) >= 11 is 6.14. The minimum Gasteiger partial charge on any atom is -0.493 e. The molecule has 2 aromatic carbocycles. The fraction of sp³-hybridized carbons (Fsp3) is 0.211. The maximum Gasteiger partial charge on any atom is 0.244 e.